The van der Waals surface area contributed by atoms with E-state index in [0.29, 0.717) is 11.1 Å². The third-order valence-electron chi connectivity index (χ3n) is 2.93. The Hall–Kier alpha value is -2.43. The second-order valence-corrected chi connectivity index (χ2v) is 4.22. The van der Waals surface area contributed by atoms with Crippen molar-refractivity contribution in [1.82, 2.24) is 9.78 Å². The van der Waals surface area contributed by atoms with Gasteiger partial charge in [0.2, 0.25) is 0 Å². The lowest BCUT2D eigenvalue weighted by Gasteiger charge is -1.96. The normalized spacial score (nSPS) is 9.40. The fourth-order valence-electron chi connectivity index (χ4n) is 1.64. The summed E-state index contributed by atoms with van der Waals surface area (Å²) in [5, 5.41) is 4.07. The Balaban J connectivity index is 0.000000200. The summed E-state index contributed by atoms with van der Waals surface area (Å²) in [5.41, 5.74) is 3.10. The largest absolute Gasteiger partial charge is 0.497 e. The number of benzene rings is 1. The van der Waals surface area contributed by atoms with Gasteiger partial charge in [0.1, 0.15) is 12.0 Å². The maximum atomic E-state index is 10.4. The summed E-state index contributed by atoms with van der Waals surface area (Å²) in [6.45, 7) is 3.71. The van der Waals surface area contributed by atoms with E-state index in [0.717, 1.165) is 29.7 Å². The molecular weight excluding hydrogens is 256 g/mol. The van der Waals surface area contributed by atoms with E-state index in [9.17, 15) is 9.59 Å². The van der Waals surface area contributed by atoms with Crippen LogP contribution >= 0.6 is 0 Å². The topological polar surface area (TPSA) is 61.2 Å². The zero-order valence-electron chi connectivity index (χ0n) is 12.1. The van der Waals surface area contributed by atoms with E-state index in [4.69, 9.17) is 4.74 Å². The van der Waals surface area contributed by atoms with E-state index in [1.807, 2.05) is 20.9 Å². The van der Waals surface area contributed by atoms with Crippen LogP contribution in [0.3, 0.4) is 0 Å². The predicted molar refractivity (Wildman–Crippen MR) is 76.5 cm³/mol. The number of rotatable bonds is 3. The molecular formula is C15H18N2O3. The maximum absolute atomic E-state index is 10.4. The molecule has 0 aliphatic rings. The second-order valence-electron chi connectivity index (χ2n) is 4.22. The lowest BCUT2D eigenvalue weighted by atomic mass is 10.2. The first-order chi connectivity index (χ1) is 9.53. The van der Waals surface area contributed by atoms with Gasteiger partial charge in [0.15, 0.2) is 6.29 Å². The molecule has 0 saturated carbocycles. The molecule has 1 aromatic heterocycles. The molecule has 0 aliphatic carbocycles. The highest BCUT2D eigenvalue weighted by Gasteiger charge is 2.06. The second kappa shape index (κ2) is 7.23. The van der Waals surface area contributed by atoms with Gasteiger partial charge < -0.3 is 4.74 Å². The number of hydrogen-bond donors (Lipinski definition) is 0. The standard InChI is InChI=1S/C8H8O2.C7H10N2O/c1-10-8-4-2-7(6-9)3-5-8;1-5-7(4-10)6(2)9(3)8-5/h2-6H,1H3;4H,1-3H3. The summed E-state index contributed by atoms with van der Waals surface area (Å²) in [7, 11) is 3.42. The molecule has 2 aromatic rings. The average molecular weight is 274 g/mol. The first-order valence-electron chi connectivity index (χ1n) is 6.08. The van der Waals surface area contributed by atoms with Gasteiger partial charge in [-0.3, -0.25) is 14.3 Å². The van der Waals surface area contributed by atoms with Crippen LogP contribution in [0.25, 0.3) is 0 Å². The molecule has 0 amide bonds. The summed E-state index contributed by atoms with van der Waals surface area (Å²) < 4.78 is 6.61. The van der Waals surface area contributed by atoms with Crippen molar-refractivity contribution in [3.05, 3.63) is 46.8 Å². The van der Waals surface area contributed by atoms with Gasteiger partial charge in [0.05, 0.1) is 18.4 Å². The van der Waals surface area contributed by atoms with Crippen LogP contribution in [0.15, 0.2) is 24.3 Å². The van der Waals surface area contributed by atoms with Crippen molar-refractivity contribution in [2.75, 3.05) is 7.11 Å². The SMILES string of the molecule is COc1ccc(C=O)cc1.Cc1nn(C)c(C)c1C=O. The Labute approximate surface area is 118 Å². The van der Waals surface area contributed by atoms with E-state index < -0.39 is 0 Å². The van der Waals surface area contributed by atoms with Crippen LogP contribution in [0.2, 0.25) is 0 Å². The monoisotopic (exact) mass is 274 g/mol. The van der Waals surface area contributed by atoms with Gasteiger partial charge in [-0.1, -0.05) is 0 Å². The molecule has 106 valence electrons. The van der Waals surface area contributed by atoms with Crippen LogP contribution in [0.5, 0.6) is 5.75 Å². The van der Waals surface area contributed by atoms with Crippen LogP contribution < -0.4 is 4.74 Å². The molecule has 2 rings (SSSR count). The molecule has 0 radical (unpaired) electrons. The zero-order valence-corrected chi connectivity index (χ0v) is 12.1. The third kappa shape index (κ3) is 3.78. The number of carbonyl (C=O) groups is 2. The molecule has 1 heterocycles. The van der Waals surface area contributed by atoms with E-state index >= 15 is 0 Å². The van der Waals surface area contributed by atoms with Crippen LogP contribution in [0.4, 0.5) is 0 Å². The molecule has 0 bridgehead atoms. The summed E-state index contributed by atoms with van der Waals surface area (Å²) in [6.07, 6.45) is 1.65. The Morgan fingerprint density at radius 2 is 1.70 bits per heavy atom. The van der Waals surface area contributed by atoms with Gasteiger partial charge in [0, 0.05) is 18.3 Å². The predicted octanol–water partition coefficient (Wildman–Crippen LogP) is 2.36. The van der Waals surface area contributed by atoms with E-state index in [-0.39, 0.29) is 0 Å². The Bertz CT molecular complexity index is 586. The van der Waals surface area contributed by atoms with Crippen molar-refractivity contribution in [2.24, 2.45) is 7.05 Å². The third-order valence-corrected chi connectivity index (χ3v) is 2.93. The van der Waals surface area contributed by atoms with E-state index in [2.05, 4.69) is 5.10 Å². The van der Waals surface area contributed by atoms with Gasteiger partial charge in [-0.25, -0.2) is 0 Å². The molecule has 0 N–H and O–H groups in total. The van der Waals surface area contributed by atoms with Gasteiger partial charge in [-0.15, -0.1) is 0 Å². The highest BCUT2D eigenvalue weighted by Crippen LogP contribution is 2.09. The zero-order chi connectivity index (χ0) is 15.1. The summed E-state index contributed by atoms with van der Waals surface area (Å²) in [5.74, 6) is 0.769. The van der Waals surface area contributed by atoms with Gasteiger partial charge in [0.25, 0.3) is 0 Å². The molecule has 20 heavy (non-hydrogen) atoms. The Kier molecular flexibility index (Phi) is 5.65. The molecule has 0 fully saturated rings. The molecule has 0 unspecified atom stereocenters. The van der Waals surface area contributed by atoms with Gasteiger partial charge in [-0.05, 0) is 38.1 Å². The minimum absolute atomic E-state index is 0.667. The fourth-order valence-corrected chi connectivity index (χ4v) is 1.64. The molecule has 0 spiro atoms. The first-order valence-corrected chi connectivity index (χ1v) is 6.08. The summed E-state index contributed by atoms with van der Waals surface area (Å²) in [4.78, 5) is 20.6. The highest BCUT2D eigenvalue weighted by atomic mass is 16.5. The van der Waals surface area contributed by atoms with Crippen LogP contribution in [-0.4, -0.2) is 29.5 Å². The van der Waals surface area contributed by atoms with E-state index in [1.54, 1.807) is 36.1 Å². The number of methoxy groups -OCH3 is 1. The van der Waals surface area contributed by atoms with Crippen molar-refractivity contribution in [3.63, 3.8) is 0 Å². The van der Waals surface area contributed by atoms with Crippen molar-refractivity contribution in [3.8, 4) is 5.75 Å². The van der Waals surface area contributed by atoms with E-state index in [1.165, 1.54) is 0 Å². The number of ether oxygens (including phenoxy) is 1. The van der Waals surface area contributed by atoms with Gasteiger partial charge >= 0.3 is 0 Å². The van der Waals surface area contributed by atoms with Gasteiger partial charge in [-0.2, -0.15) is 5.10 Å². The molecule has 0 aliphatic heterocycles. The summed E-state index contributed by atoms with van der Waals surface area (Å²) >= 11 is 0. The Morgan fingerprint density at radius 3 is 2.00 bits per heavy atom. The lowest BCUT2D eigenvalue weighted by Crippen LogP contribution is -1.93. The molecule has 0 atom stereocenters. The van der Waals surface area contributed by atoms with Crippen molar-refractivity contribution in [2.45, 2.75) is 13.8 Å². The number of hydrogen-bond acceptors (Lipinski definition) is 4. The molecule has 1 aromatic carbocycles. The number of aldehydes is 2. The Morgan fingerprint density at radius 1 is 1.10 bits per heavy atom. The van der Waals surface area contributed by atoms with Crippen molar-refractivity contribution < 1.29 is 14.3 Å². The van der Waals surface area contributed by atoms with Crippen LogP contribution in [0.1, 0.15) is 32.1 Å². The minimum atomic E-state index is 0.667. The van der Waals surface area contributed by atoms with Crippen LogP contribution in [-0.2, 0) is 7.05 Å². The van der Waals surface area contributed by atoms with Crippen LogP contribution in [0, 0.1) is 13.8 Å². The number of aromatic nitrogens is 2. The number of nitrogens with zero attached hydrogens (tertiary/aromatic N) is 2. The smallest absolute Gasteiger partial charge is 0.153 e. The molecule has 5 nitrogen and oxygen atoms in total. The quantitative estimate of drug-likeness (QED) is 0.806. The lowest BCUT2D eigenvalue weighted by molar-refractivity contribution is 0.111. The van der Waals surface area contributed by atoms with Crippen molar-refractivity contribution >= 4 is 12.6 Å². The molecule has 0 saturated heterocycles. The highest BCUT2D eigenvalue weighted by molar-refractivity contribution is 5.78. The first kappa shape index (κ1) is 15.6. The number of carbonyl (C=O) groups excluding carboxylic acids is 2. The summed E-state index contributed by atoms with van der Waals surface area (Å²) in [6, 6.07) is 6.94. The maximum Gasteiger partial charge on any atom is 0.153 e. The fraction of sp³-hybridized carbons (Fsp3) is 0.267. The number of aryl methyl sites for hydroxylation is 2. The minimum Gasteiger partial charge on any atom is -0.497 e. The average Bonchev–Trinajstić information content (AvgIpc) is 2.72. The molecule has 5 heteroatoms. The van der Waals surface area contributed by atoms with Crippen molar-refractivity contribution in [1.29, 1.82) is 0 Å².